The van der Waals surface area contributed by atoms with Crippen molar-refractivity contribution in [3.8, 4) is 11.6 Å². The molecular weight excluding hydrogens is 375 g/mol. The average molecular weight is 396 g/mol. The Morgan fingerprint density at radius 3 is 2.59 bits per heavy atom. The molecule has 1 saturated heterocycles. The van der Waals surface area contributed by atoms with E-state index in [9.17, 15) is 9.18 Å². The molecule has 1 atom stereocenters. The van der Waals surface area contributed by atoms with Gasteiger partial charge in [-0.25, -0.2) is 19.0 Å². The van der Waals surface area contributed by atoms with Crippen LogP contribution in [0.3, 0.4) is 0 Å². The van der Waals surface area contributed by atoms with Crippen molar-refractivity contribution in [2.75, 3.05) is 31.1 Å². The first-order valence-electron chi connectivity index (χ1n) is 9.39. The highest BCUT2D eigenvalue weighted by molar-refractivity contribution is 5.81. The number of para-hydroxylation sites is 1. The molecule has 3 heterocycles. The van der Waals surface area contributed by atoms with Crippen LogP contribution in [-0.4, -0.2) is 62.8 Å². The Balaban J connectivity index is 1.36. The lowest BCUT2D eigenvalue weighted by Crippen LogP contribution is -2.52. The molecular formula is C20H21FN6O2. The number of amides is 1. The van der Waals surface area contributed by atoms with Crippen molar-refractivity contribution >= 4 is 11.7 Å². The Morgan fingerprint density at radius 2 is 1.86 bits per heavy atom. The zero-order chi connectivity index (χ0) is 20.2. The second-order valence-corrected chi connectivity index (χ2v) is 6.69. The van der Waals surface area contributed by atoms with Crippen molar-refractivity contribution in [2.24, 2.45) is 0 Å². The van der Waals surface area contributed by atoms with Crippen LogP contribution in [0.15, 0.2) is 55.1 Å². The van der Waals surface area contributed by atoms with Crippen LogP contribution in [-0.2, 0) is 4.79 Å². The number of rotatable bonds is 5. The van der Waals surface area contributed by atoms with Gasteiger partial charge < -0.3 is 14.5 Å². The van der Waals surface area contributed by atoms with E-state index in [1.807, 2.05) is 18.3 Å². The molecule has 0 radical (unpaired) electrons. The number of hydrogen-bond acceptors (Lipinski definition) is 6. The third-order valence-corrected chi connectivity index (χ3v) is 4.78. The highest BCUT2D eigenvalue weighted by Gasteiger charge is 2.27. The molecule has 1 aliphatic heterocycles. The van der Waals surface area contributed by atoms with Gasteiger partial charge in [0.15, 0.2) is 23.5 Å². The van der Waals surface area contributed by atoms with Crippen LogP contribution in [0.1, 0.15) is 6.92 Å². The number of piperazine rings is 1. The second-order valence-electron chi connectivity index (χ2n) is 6.69. The fraction of sp³-hybridized carbons (Fsp3) is 0.300. The minimum atomic E-state index is -0.760. The number of nitrogens with zero attached hydrogens (tertiary/aromatic N) is 6. The van der Waals surface area contributed by atoms with Gasteiger partial charge in [0, 0.05) is 44.6 Å². The van der Waals surface area contributed by atoms with Crippen LogP contribution in [0.2, 0.25) is 0 Å². The maximum Gasteiger partial charge on any atom is 0.263 e. The van der Waals surface area contributed by atoms with E-state index in [4.69, 9.17) is 4.74 Å². The molecule has 0 spiro atoms. The molecule has 150 valence electrons. The Labute approximate surface area is 167 Å². The summed E-state index contributed by atoms with van der Waals surface area (Å²) in [6.45, 7) is 3.97. The van der Waals surface area contributed by atoms with Crippen LogP contribution in [0.4, 0.5) is 10.2 Å². The average Bonchev–Trinajstić information content (AvgIpc) is 3.30. The molecule has 0 saturated carbocycles. The number of ether oxygens (including phenoxy) is 1. The largest absolute Gasteiger partial charge is 0.478 e. The summed E-state index contributed by atoms with van der Waals surface area (Å²) < 4.78 is 20.9. The molecule has 1 fully saturated rings. The van der Waals surface area contributed by atoms with Crippen molar-refractivity contribution in [2.45, 2.75) is 13.0 Å². The summed E-state index contributed by atoms with van der Waals surface area (Å²) in [6.07, 6.45) is 4.26. The van der Waals surface area contributed by atoms with E-state index in [1.165, 1.54) is 18.5 Å². The molecule has 9 heteroatoms. The van der Waals surface area contributed by atoms with Crippen molar-refractivity contribution in [1.82, 2.24) is 24.6 Å². The van der Waals surface area contributed by atoms with Crippen molar-refractivity contribution in [3.05, 3.63) is 60.9 Å². The monoisotopic (exact) mass is 396 g/mol. The first kappa shape index (κ1) is 18.9. The molecule has 3 aromatic rings. The van der Waals surface area contributed by atoms with E-state index in [0.29, 0.717) is 32.0 Å². The van der Waals surface area contributed by atoms with Gasteiger partial charge in [-0.2, -0.15) is 5.10 Å². The molecule has 4 rings (SSSR count). The Morgan fingerprint density at radius 1 is 1.10 bits per heavy atom. The maximum absolute atomic E-state index is 13.8. The Kier molecular flexibility index (Phi) is 5.37. The summed E-state index contributed by atoms with van der Waals surface area (Å²) in [5.41, 5.74) is 0. The Bertz CT molecular complexity index is 973. The fourth-order valence-corrected chi connectivity index (χ4v) is 3.23. The Hall–Kier alpha value is -3.49. The maximum atomic E-state index is 13.8. The predicted octanol–water partition coefficient (Wildman–Crippen LogP) is 1.92. The summed E-state index contributed by atoms with van der Waals surface area (Å²) in [5.74, 6) is 0.916. The molecule has 1 aliphatic rings. The molecule has 0 N–H and O–H groups in total. The fourth-order valence-electron chi connectivity index (χ4n) is 3.23. The van der Waals surface area contributed by atoms with E-state index in [0.717, 1.165) is 5.82 Å². The van der Waals surface area contributed by atoms with Gasteiger partial charge in [0.25, 0.3) is 5.91 Å². The van der Waals surface area contributed by atoms with Gasteiger partial charge in [0.05, 0.1) is 0 Å². The standard InChI is InChI=1S/C20H21FN6O2/c1-15(29-17-6-3-2-5-16(17)21)20(28)26-11-9-25(10-12-26)18-13-19(23-14-22-18)27-8-4-7-24-27/h2-8,13-15H,9-12H2,1H3. The third-order valence-electron chi connectivity index (χ3n) is 4.78. The molecule has 0 aliphatic carbocycles. The number of hydrogen-bond donors (Lipinski definition) is 0. The van der Waals surface area contributed by atoms with Crippen molar-refractivity contribution < 1.29 is 13.9 Å². The first-order chi connectivity index (χ1) is 14.1. The van der Waals surface area contributed by atoms with Crippen LogP contribution < -0.4 is 9.64 Å². The molecule has 1 amide bonds. The smallest absolute Gasteiger partial charge is 0.263 e. The highest BCUT2D eigenvalue weighted by atomic mass is 19.1. The summed E-state index contributed by atoms with van der Waals surface area (Å²) in [6, 6.07) is 9.78. The van der Waals surface area contributed by atoms with E-state index in [-0.39, 0.29) is 11.7 Å². The number of benzene rings is 1. The molecule has 2 aromatic heterocycles. The predicted molar refractivity (Wildman–Crippen MR) is 104 cm³/mol. The quantitative estimate of drug-likeness (QED) is 0.656. The normalized spacial score (nSPS) is 15.2. The molecule has 29 heavy (non-hydrogen) atoms. The molecule has 1 unspecified atom stereocenters. The number of aromatic nitrogens is 4. The first-order valence-corrected chi connectivity index (χ1v) is 9.39. The van der Waals surface area contributed by atoms with Crippen LogP contribution in [0.25, 0.3) is 5.82 Å². The van der Waals surface area contributed by atoms with Crippen LogP contribution in [0, 0.1) is 5.82 Å². The summed E-state index contributed by atoms with van der Waals surface area (Å²) in [5, 5.41) is 4.18. The summed E-state index contributed by atoms with van der Waals surface area (Å²) in [7, 11) is 0. The topological polar surface area (TPSA) is 76.4 Å². The number of halogens is 1. The van der Waals surface area contributed by atoms with Gasteiger partial charge in [-0.3, -0.25) is 4.79 Å². The SMILES string of the molecule is CC(Oc1ccccc1F)C(=O)N1CCN(c2cc(-n3cccn3)ncn2)CC1. The zero-order valence-corrected chi connectivity index (χ0v) is 16.0. The van der Waals surface area contributed by atoms with E-state index in [1.54, 1.807) is 34.8 Å². The summed E-state index contributed by atoms with van der Waals surface area (Å²) >= 11 is 0. The zero-order valence-electron chi connectivity index (χ0n) is 16.0. The van der Waals surface area contributed by atoms with E-state index < -0.39 is 11.9 Å². The minimum absolute atomic E-state index is 0.0825. The van der Waals surface area contributed by atoms with Gasteiger partial charge in [-0.1, -0.05) is 12.1 Å². The van der Waals surface area contributed by atoms with Gasteiger partial charge in [0.2, 0.25) is 0 Å². The number of carbonyl (C=O) groups excluding carboxylic acids is 1. The van der Waals surface area contributed by atoms with Gasteiger partial charge in [-0.05, 0) is 25.1 Å². The van der Waals surface area contributed by atoms with E-state index >= 15 is 0 Å². The van der Waals surface area contributed by atoms with Crippen molar-refractivity contribution in [1.29, 1.82) is 0 Å². The second kappa shape index (κ2) is 8.26. The minimum Gasteiger partial charge on any atom is -0.478 e. The van der Waals surface area contributed by atoms with Crippen molar-refractivity contribution in [3.63, 3.8) is 0 Å². The van der Waals surface area contributed by atoms with Gasteiger partial charge in [-0.15, -0.1) is 0 Å². The third kappa shape index (κ3) is 4.18. The molecule has 1 aromatic carbocycles. The highest BCUT2D eigenvalue weighted by Crippen LogP contribution is 2.19. The lowest BCUT2D eigenvalue weighted by atomic mass is 10.2. The lowest BCUT2D eigenvalue weighted by Gasteiger charge is -2.36. The molecule has 0 bridgehead atoms. The van der Waals surface area contributed by atoms with Gasteiger partial charge in [0.1, 0.15) is 12.1 Å². The summed E-state index contributed by atoms with van der Waals surface area (Å²) in [4.78, 5) is 25.1. The lowest BCUT2D eigenvalue weighted by molar-refractivity contribution is -0.138. The molecule has 8 nitrogen and oxygen atoms in total. The van der Waals surface area contributed by atoms with Crippen LogP contribution >= 0.6 is 0 Å². The number of anilines is 1. The van der Waals surface area contributed by atoms with E-state index in [2.05, 4.69) is 20.0 Å². The number of carbonyl (C=O) groups is 1. The van der Waals surface area contributed by atoms with Gasteiger partial charge >= 0.3 is 0 Å². The van der Waals surface area contributed by atoms with Crippen LogP contribution in [0.5, 0.6) is 5.75 Å².